The van der Waals surface area contributed by atoms with E-state index in [1.807, 2.05) is 18.2 Å². The molecule has 0 amide bonds. The molecule has 1 aliphatic heterocycles. The van der Waals surface area contributed by atoms with Gasteiger partial charge in [0.2, 0.25) is 0 Å². The van der Waals surface area contributed by atoms with Crippen molar-refractivity contribution in [2.75, 3.05) is 5.32 Å². The molecule has 0 aromatic heterocycles. The van der Waals surface area contributed by atoms with Crippen molar-refractivity contribution in [2.24, 2.45) is 17.8 Å². The first kappa shape index (κ1) is 14.9. The third-order valence-corrected chi connectivity index (χ3v) is 6.56. The molecule has 2 fully saturated rings. The molecule has 0 radical (unpaired) electrons. The van der Waals surface area contributed by atoms with Crippen LogP contribution in [0.2, 0.25) is 0 Å². The molecule has 2 saturated carbocycles. The second kappa shape index (κ2) is 5.32. The summed E-state index contributed by atoms with van der Waals surface area (Å²) in [5.41, 5.74) is 2.96. The quantitative estimate of drug-likeness (QED) is 0.913. The Morgan fingerprint density at radius 1 is 1.08 bits per heavy atom. The second-order valence-corrected chi connectivity index (χ2v) is 7.67. The van der Waals surface area contributed by atoms with Gasteiger partial charge in [0.25, 0.3) is 0 Å². The minimum atomic E-state index is -1.14. The van der Waals surface area contributed by atoms with E-state index in [4.69, 9.17) is 0 Å². The molecule has 128 valence electrons. The highest BCUT2D eigenvalue weighted by atomic mass is 19.1. The van der Waals surface area contributed by atoms with E-state index in [2.05, 4.69) is 5.32 Å². The molecule has 0 spiro atoms. The van der Waals surface area contributed by atoms with Crippen molar-refractivity contribution in [1.29, 1.82) is 0 Å². The Labute approximate surface area is 145 Å². The molecule has 0 saturated heterocycles. The maximum absolute atomic E-state index is 14.5. The summed E-state index contributed by atoms with van der Waals surface area (Å²) in [6, 6.07) is 12.1. The summed E-state index contributed by atoms with van der Waals surface area (Å²) in [6.45, 7) is 0. The van der Waals surface area contributed by atoms with Crippen LogP contribution in [-0.4, -0.2) is 5.97 Å². The molecule has 4 heteroatoms. The third-order valence-electron chi connectivity index (χ3n) is 6.56. The summed E-state index contributed by atoms with van der Waals surface area (Å²) in [5.74, 6) is 0.461. The molecule has 0 unspecified atom stereocenters. The number of halogens is 1. The van der Waals surface area contributed by atoms with Gasteiger partial charge in [0, 0.05) is 11.3 Å². The van der Waals surface area contributed by atoms with Gasteiger partial charge in [0.1, 0.15) is 5.82 Å². The zero-order valence-electron chi connectivity index (χ0n) is 13.7. The lowest BCUT2D eigenvalue weighted by molar-refractivity contribution is -0.255. The Kier molecular flexibility index (Phi) is 3.18. The summed E-state index contributed by atoms with van der Waals surface area (Å²) in [4.78, 5) is 11.3. The second-order valence-electron chi connectivity index (χ2n) is 7.67. The molecule has 1 N–H and O–H groups in total. The van der Waals surface area contributed by atoms with E-state index in [1.54, 1.807) is 18.2 Å². The average Bonchev–Trinajstić information content (AvgIpc) is 3.23. The number of aromatic carboxylic acids is 1. The SMILES string of the molecule is O=C([O-])c1ccc2c(c1)[C@H]1[C@H]3CC[C@@H](C3)[C@@H]1[C@H](c1ccccc1F)N2. The predicted molar refractivity (Wildman–Crippen MR) is 90.6 cm³/mol. The van der Waals surface area contributed by atoms with Crippen LogP contribution in [0, 0.1) is 23.6 Å². The van der Waals surface area contributed by atoms with Gasteiger partial charge >= 0.3 is 0 Å². The van der Waals surface area contributed by atoms with Crippen LogP contribution < -0.4 is 10.4 Å². The van der Waals surface area contributed by atoms with Gasteiger partial charge in [-0.05, 0) is 72.3 Å². The fourth-order valence-corrected chi connectivity index (χ4v) is 5.65. The molecule has 2 aromatic carbocycles. The number of rotatable bonds is 2. The molecule has 3 nitrogen and oxygen atoms in total. The van der Waals surface area contributed by atoms with Crippen LogP contribution in [0.25, 0.3) is 0 Å². The normalized spacial score (nSPS) is 32.0. The van der Waals surface area contributed by atoms with E-state index >= 15 is 0 Å². The minimum Gasteiger partial charge on any atom is -0.545 e. The van der Waals surface area contributed by atoms with E-state index in [0.29, 0.717) is 23.7 Å². The summed E-state index contributed by atoms with van der Waals surface area (Å²) in [6.07, 6.45) is 3.54. The number of hydrogen-bond donors (Lipinski definition) is 1. The lowest BCUT2D eigenvalue weighted by atomic mass is 9.68. The molecule has 25 heavy (non-hydrogen) atoms. The standard InChI is InChI=1S/C21H20FNO2/c22-16-4-2-1-3-14(16)20-19-12-6-5-11(9-12)18(19)15-10-13(21(24)25)7-8-17(15)23-20/h1-4,7-8,10-12,18-20,23H,5-6,9H2,(H,24,25)/p-1/t11-,12-,18+,19-,20-/m0/s1. The Balaban J connectivity index is 1.65. The zero-order chi connectivity index (χ0) is 17.1. The number of nitrogens with one attached hydrogen (secondary N) is 1. The highest BCUT2D eigenvalue weighted by Crippen LogP contribution is 2.63. The summed E-state index contributed by atoms with van der Waals surface area (Å²) in [5, 5.41) is 14.8. The lowest BCUT2D eigenvalue weighted by Gasteiger charge is -2.43. The number of hydrogen-bond acceptors (Lipinski definition) is 3. The van der Waals surface area contributed by atoms with Gasteiger partial charge in [-0.2, -0.15) is 0 Å². The Morgan fingerprint density at radius 2 is 1.88 bits per heavy atom. The number of carbonyl (C=O) groups is 1. The lowest BCUT2D eigenvalue weighted by Crippen LogP contribution is -2.36. The Morgan fingerprint density at radius 3 is 2.68 bits per heavy atom. The highest BCUT2D eigenvalue weighted by Gasteiger charge is 2.54. The molecule has 2 aliphatic carbocycles. The van der Waals surface area contributed by atoms with Gasteiger partial charge in [0.15, 0.2) is 0 Å². The highest BCUT2D eigenvalue weighted by molar-refractivity contribution is 5.87. The molecule has 5 atom stereocenters. The molecular weight excluding hydrogens is 317 g/mol. The maximum Gasteiger partial charge on any atom is 0.128 e. The molecule has 2 bridgehead atoms. The van der Waals surface area contributed by atoms with Gasteiger partial charge in [-0.25, -0.2) is 4.39 Å². The molecule has 3 aliphatic rings. The number of anilines is 1. The fourth-order valence-electron chi connectivity index (χ4n) is 5.65. The van der Waals surface area contributed by atoms with Crippen LogP contribution in [0.4, 0.5) is 10.1 Å². The minimum absolute atomic E-state index is 0.0530. The topological polar surface area (TPSA) is 52.2 Å². The van der Waals surface area contributed by atoms with Crippen molar-refractivity contribution in [1.82, 2.24) is 0 Å². The largest absolute Gasteiger partial charge is 0.545 e. The Bertz CT molecular complexity index is 865. The smallest absolute Gasteiger partial charge is 0.128 e. The maximum atomic E-state index is 14.5. The van der Waals surface area contributed by atoms with Gasteiger partial charge < -0.3 is 15.2 Å². The molecule has 5 rings (SSSR count). The van der Waals surface area contributed by atoms with Gasteiger partial charge in [-0.3, -0.25) is 0 Å². The number of carbonyl (C=O) groups excluding carboxylic acids is 1. The zero-order valence-corrected chi connectivity index (χ0v) is 13.7. The van der Waals surface area contributed by atoms with Crippen LogP contribution in [0.3, 0.4) is 0 Å². The van der Waals surface area contributed by atoms with Gasteiger partial charge in [0.05, 0.1) is 12.0 Å². The summed E-state index contributed by atoms with van der Waals surface area (Å²) >= 11 is 0. The van der Waals surface area contributed by atoms with Gasteiger partial charge in [-0.15, -0.1) is 0 Å². The van der Waals surface area contributed by atoms with Crippen molar-refractivity contribution in [3.8, 4) is 0 Å². The van der Waals surface area contributed by atoms with E-state index in [0.717, 1.165) is 23.2 Å². The first-order chi connectivity index (χ1) is 12.1. The molecule has 2 aromatic rings. The Hall–Kier alpha value is -2.36. The predicted octanol–water partition coefficient (Wildman–Crippen LogP) is 3.49. The van der Waals surface area contributed by atoms with E-state index in [9.17, 15) is 14.3 Å². The van der Waals surface area contributed by atoms with Crippen LogP contribution >= 0.6 is 0 Å². The molecule has 1 heterocycles. The van der Waals surface area contributed by atoms with E-state index < -0.39 is 5.97 Å². The summed E-state index contributed by atoms with van der Waals surface area (Å²) in [7, 11) is 0. The summed E-state index contributed by atoms with van der Waals surface area (Å²) < 4.78 is 14.5. The van der Waals surface area contributed by atoms with E-state index in [1.165, 1.54) is 18.9 Å². The fraction of sp³-hybridized carbons (Fsp3) is 0.381. The third kappa shape index (κ3) is 2.13. The number of carboxylic acid groups (broad SMARTS) is 1. The van der Waals surface area contributed by atoms with E-state index in [-0.39, 0.29) is 17.4 Å². The van der Waals surface area contributed by atoms with Crippen molar-refractivity contribution < 1.29 is 14.3 Å². The number of carboxylic acids is 1. The first-order valence-electron chi connectivity index (χ1n) is 8.99. The van der Waals surface area contributed by atoms with Crippen molar-refractivity contribution >= 4 is 11.7 Å². The number of fused-ring (bicyclic) bond motifs is 7. The molecular formula is C21H19FNO2-. The first-order valence-corrected chi connectivity index (χ1v) is 8.99. The van der Waals surface area contributed by atoms with Crippen LogP contribution in [0.5, 0.6) is 0 Å². The monoisotopic (exact) mass is 336 g/mol. The van der Waals surface area contributed by atoms with Crippen LogP contribution in [0.15, 0.2) is 42.5 Å². The van der Waals surface area contributed by atoms with Crippen molar-refractivity contribution in [2.45, 2.75) is 31.2 Å². The van der Waals surface area contributed by atoms with Crippen LogP contribution in [0.1, 0.15) is 52.7 Å². The van der Waals surface area contributed by atoms with Crippen LogP contribution in [-0.2, 0) is 0 Å². The van der Waals surface area contributed by atoms with Gasteiger partial charge in [-0.1, -0.05) is 24.3 Å². The average molecular weight is 336 g/mol. The van der Waals surface area contributed by atoms with Crippen molar-refractivity contribution in [3.63, 3.8) is 0 Å². The number of benzene rings is 2. The van der Waals surface area contributed by atoms with Crippen molar-refractivity contribution in [3.05, 3.63) is 65.0 Å².